The Morgan fingerprint density at radius 1 is 1.31 bits per heavy atom. The number of aryl methyl sites for hydroxylation is 1. The van der Waals surface area contributed by atoms with Crippen LogP contribution in [0.4, 0.5) is 0 Å². The summed E-state index contributed by atoms with van der Waals surface area (Å²) in [5.41, 5.74) is 1.61. The number of fused-ring (bicyclic) bond motifs is 1. The van der Waals surface area contributed by atoms with Crippen molar-refractivity contribution in [2.24, 2.45) is 0 Å². The number of nitrogens with zero attached hydrogens (tertiary/aromatic N) is 2. The van der Waals surface area contributed by atoms with Crippen LogP contribution < -0.4 is 4.74 Å². The van der Waals surface area contributed by atoms with Gasteiger partial charge in [0.2, 0.25) is 5.88 Å². The van der Waals surface area contributed by atoms with Gasteiger partial charge in [0, 0.05) is 0 Å². The average Bonchev–Trinajstić information content (AvgIpc) is 2.42. The van der Waals surface area contributed by atoms with Crippen molar-refractivity contribution >= 4 is 0 Å². The first-order chi connectivity index (χ1) is 7.40. The zero-order chi connectivity index (χ0) is 11.9. The Morgan fingerprint density at radius 3 is 2.62 bits per heavy atom. The predicted molar refractivity (Wildman–Crippen MR) is 60.3 cm³/mol. The fraction of sp³-hybridized carbons (Fsp3) is 0.667. The summed E-state index contributed by atoms with van der Waals surface area (Å²) in [7, 11) is 0. The molecule has 0 fully saturated rings. The molecule has 0 amide bonds. The number of rotatable bonds is 2. The minimum atomic E-state index is -0.335. The summed E-state index contributed by atoms with van der Waals surface area (Å²) in [5, 5.41) is 0. The highest BCUT2D eigenvalue weighted by Crippen LogP contribution is 2.38. The molecule has 1 aromatic rings. The molecule has 0 spiro atoms. The van der Waals surface area contributed by atoms with Crippen LogP contribution in [-0.4, -0.2) is 16.1 Å². The maximum absolute atomic E-state index is 5.71. The van der Waals surface area contributed by atoms with Gasteiger partial charge in [0.05, 0.1) is 24.0 Å². The lowest BCUT2D eigenvalue weighted by Gasteiger charge is -2.18. The lowest BCUT2D eigenvalue weighted by molar-refractivity contribution is -0.0105. The van der Waals surface area contributed by atoms with Crippen LogP contribution >= 0.6 is 0 Å². The Bertz CT molecular complexity index is 414. The van der Waals surface area contributed by atoms with Crippen LogP contribution in [0.15, 0.2) is 0 Å². The summed E-state index contributed by atoms with van der Waals surface area (Å²) in [4.78, 5) is 8.80. The molecule has 1 aliphatic heterocycles. The topological polar surface area (TPSA) is 44.2 Å². The molecular formula is C12H18N2O2. The Hall–Kier alpha value is -1.16. The van der Waals surface area contributed by atoms with Crippen molar-refractivity contribution in [1.82, 2.24) is 9.97 Å². The minimum absolute atomic E-state index is 0.113. The smallest absolute Gasteiger partial charge is 0.222 e. The molecule has 0 radical (unpaired) electrons. The molecule has 16 heavy (non-hydrogen) atoms. The van der Waals surface area contributed by atoms with Gasteiger partial charge in [-0.15, -0.1) is 0 Å². The highest BCUT2D eigenvalue weighted by molar-refractivity contribution is 5.36. The van der Waals surface area contributed by atoms with Gasteiger partial charge in [-0.1, -0.05) is 0 Å². The van der Waals surface area contributed by atoms with Crippen LogP contribution in [0.5, 0.6) is 5.88 Å². The summed E-state index contributed by atoms with van der Waals surface area (Å²) in [6, 6.07) is 0. The van der Waals surface area contributed by atoms with E-state index < -0.39 is 0 Å². The van der Waals surface area contributed by atoms with Crippen LogP contribution in [0.2, 0.25) is 0 Å². The molecule has 0 unspecified atom stereocenters. The fourth-order valence-electron chi connectivity index (χ4n) is 1.84. The zero-order valence-corrected chi connectivity index (χ0v) is 10.5. The van der Waals surface area contributed by atoms with E-state index in [1.54, 1.807) is 0 Å². The third-order valence-corrected chi connectivity index (χ3v) is 2.58. The van der Waals surface area contributed by atoms with E-state index in [2.05, 4.69) is 9.97 Å². The van der Waals surface area contributed by atoms with Crippen LogP contribution in [-0.2, 0) is 16.9 Å². The SMILES string of the molecule is Cc1nc(OC(C)C)c2c(n1)C(C)(C)OC2. The Labute approximate surface area is 96.0 Å². The van der Waals surface area contributed by atoms with Gasteiger partial charge >= 0.3 is 0 Å². The van der Waals surface area contributed by atoms with Crippen LogP contribution in [0.3, 0.4) is 0 Å². The fourth-order valence-corrected chi connectivity index (χ4v) is 1.84. The van der Waals surface area contributed by atoms with Crippen LogP contribution in [0, 0.1) is 6.92 Å². The molecular weight excluding hydrogens is 204 g/mol. The average molecular weight is 222 g/mol. The van der Waals surface area contributed by atoms with E-state index in [-0.39, 0.29) is 11.7 Å². The van der Waals surface area contributed by atoms with Gasteiger partial charge in [-0.25, -0.2) is 4.98 Å². The molecule has 4 heteroatoms. The summed E-state index contributed by atoms with van der Waals surface area (Å²) < 4.78 is 11.4. The molecule has 4 nitrogen and oxygen atoms in total. The molecule has 0 aromatic carbocycles. The molecule has 1 aromatic heterocycles. The Morgan fingerprint density at radius 2 is 2.00 bits per heavy atom. The first kappa shape index (κ1) is 11.3. The molecule has 1 aliphatic rings. The van der Waals surface area contributed by atoms with Gasteiger partial charge in [-0.3, -0.25) is 0 Å². The first-order valence-electron chi connectivity index (χ1n) is 5.59. The second-order valence-electron chi connectivity index (χ2n) is 4.87. The maximum atomic E-state index is 5.71. The minimum Gasteiger partial charge on any atom is -0.475 e. The second-order valence-corrected chi connectivity index (χ2v) is 4.87. The molecule has 0 N–H and O–H groups in total. The van der Waals surface area contributed by atoms with Gasteiger partial charge in [-0.05, 0) is 34.6 Å². The van der Waals surface area contributed by atoms with Gasteiger partial charge in [-0.2, -0.15) is 4.98 Å². The van der Waals surface area contributed by atoms with E-state index in [4.69, 9.17) is 9.47 Å². The lowest BCUT2D eigenvalue weighted by atomic mass is 10.0. The van der Waals surface area contributed by atoms with E-state index >= 15 is 0 Å². The predicted octanol–water partition coefficient (Wildman–Crippen LogP) is 2.34. The van der Waals surface area contributed by atoms with Crippen molar-refractivity contribution in [2.75, 3.05) is 0 Å². The largest absolute Gasteiger partial charge is 0.475 e. The van der Waals surface area contributed by atoms with Crippen molar-refractivity contribution in [3.63, 3.8) is 0 Å². The summed E-state index contributed by atoms with van der Waals surface area (Å²) >= 11 is 0. The molecule has 0 saturated carbocycles. The van der Waals surface area contributed by atoms with Gasteiger partial charge in [0.15, 0.2) is 0 Å². The number of hydrogen-bond donors (Lipinski definition) is 0. The van der Waals surface area contributed by atoms with E-state index in [1.807, 2.05) is 34.6 Å². The second kappa shape index (κ2) is 3.70. The van der Waals surface area contributed by atoms with Crippen LogP contribution in [0.1, 0.15) is 44.8 Å². The molecule has 2 rings (SSSR count). The van der Waals surface area contributed by atoms with E-state index in [0.717, 1.165) is 17.1 Å². The number of hydrogen-bond acceptors (Lipinski definition) is 4. The number of ether oxygens (including phenoxy) is 2. The Kier molecular flexibility index (Phi) is 2.62. The van der Waals surface area contributed by atoms with Crippen molar-refractivity contribution < 1.29 is 9.47 Å². The molecule has 0 bridgehead atoms. The third kappa shape index (κ3) is 1.89. The normalized spacial score (nSPS) is 17.6. The molecule has 0 atom stereocenters. The molecule has 0 saturated heterocycles. The number of aromatic nitrogens is 2. The highest BCUT2D eigenvalue weighted by Gasteiger charge is 2.35. The van der Waals surface area contributed by atoms with E-state index in [9.17, 15) is 0 Å². The summed E-state index contributed by atoms with van der Waals surface area (Å²) in [6.07, 6.45) is 0.113. The van der Waals surface area contributed by atoms with Crippen molar-refractivity contribution in [2.45, 2.75) is 52.9 Å². The van der Waals surface area contributed by atoms with Crippen LogP contribution in [0.25, 0.3) is 0 Å². The quantitative estimate of drug-likeness (QED) is 0.770. The van der Waals surface area contributed by atoms with Gasteiger partial charge in [0.1, 0.15) is 11.4 Å². The highest BCUT2D eigenvalue weighted by atomic mass is 16.5. The standard InChI is InChI=1S/C12H18N2O2/c1-7(2)16-11-9-6-15-12(4,5)10(9)13-8(3)14-11/h7H,6H2,1-5H3. The van der Waals surface area contributed by atoms with Crippen molar-refractivity contribution in [3.8, 4) is 5.88 Å². The molecule has 0 aliphatic carbocycles. The van der Waals surface area contributed by atoms with Crippen molar-refractivity contribution in [1.29, 1.82) is 0 Å². The van der Waals surface area contributed by atoms with E-state index in [1.165, 1.54) is 0 Å². The lowest BCUT2D eigenvalue weighted by Crippen LogP contribution is -2.18. The van der Waals surface area contributed by atoms with Gasteiger partial charge < -0.3 is 9.47 Å². The Balaban J connectivity index is 2.49. The van der Waals surface area contributed by atoms with E-state index in [0.29, 0.717) is 12.5 Å². The van der Waals surface area contributed by atoms with Crippen molar-refractivity contribution in [3.05, 3.63) is 17.1 Å². The zero-order valence-electron chi connectivity index (χ0n) is 10.5. The monoisotopic (exact) mass is 222 g/mol. The molecule has 88 valence electrons. The summed E-state index contributed by atoms with van der Waals surface area (Å²) in [5.74, 6) is 1.40. The van der Waals surface area contributed by atoms with Gasteiger partial charge in [0.25, 0.3) is 0 Å². The first-order valence-corrected chi connectivity index (χ1v) is 5.59. The maximum Gasteiger partial charge on any atom is 0.222 e. The molecule has 2 heterocycles. The third-order valence-electron chi connectivity index (χ3n) is 2.58. The summed E-state index contributed by atoms with van der Waals surface area (Å²) in [6.45, 7) is 10.4.